The summed E-state index contributed by atoms with van der Waals surface area (Å²) >= 11 is 0. The number of benzene rings is 1. The summed E-state index contributed by atoms with van der Waals surface area (Å²) in [6, 6.07) is 4.93. The number of amides is 1. The molecule has 2 aromatic rings. The van der Waals surface area contributed by atoms with Gasteiger partial charge in [-0.25, -0.2) is 0 Å². The smallest absolute Gasteiger partial charge is 0.275 e. The van der Waals surface area contributed by atoms with Crippen LogP contribution in [-0.4, -0.2) is 58.5 Å². The van der Waals surface area contributed by atoms with Crippen LogP contribution in [0.2, 0.25) is 0 Å². The molecule has 4 N–H and O–H groups in total. The molecule has 3 rings (SSSR count). The van der Waals surface area contributed by atoms with E-state index in [-0.39, 0.29) is 18.6 Å². The molecular formula is C13H16N4O3. The molecule has 0 aliphatic carbocycles. The zero-order valence-corrected chi connectivity index (χ0v) is 10.9. The quantitative estimate of drug-likeness (QED) is 0.669. The number of ether oxygens (including phenoxy) is 1. The molecule has 20 heavy (non-hydrogen) atoms. The number of H-pyrrole nitrogens is 1. The molecule has 0 saturated carbocycles. The molecule has 1 unspecified atom stereocenters. The highest BCUT2D eigenvalue weighted by Crippen LogP contribution is 2.21. The summed E-state index contributed by atoms with van der Waals surface area (Å²) in [6.07, 6.45) is 0. The van der Waals surface area contributed by atoms with Crippen LogP contribution in [0.3, 0.4) is 0 Å². The minimum atomic E-state index is -0.330. The van der Waals surface area contributed by atoms with E-state index in [9.17, 15) is 9.90 Å². The van der Waals surface area contributed by atoms with Crippen molar-refractivity contribution in [2.24, 2.45) is 0 Å². The van der Waals surface area contributed by atoms with E-state index >= 15 is 0 Å². The standard InChI is InChI=1S/C13H16N4O3/c14-8-1-2-11-10(5-8)12(16-15-11)13(19)17-3-4-20-7-9(17)6-18/h1-2,5,9,18H,3-4,6-7,14H2,(H,15,16). The van der Waals surface area contributed by atoms with Crippen molar-refractivity contribution in [2.45, 2.75) is 6.04 Å². The summed E-state index contributed by atoms with van der Waals surface area (Å²) in [4.78, 5) is 14.2. The topological polar surface area (TPSA) is 104 Å². The van der Waals surface area contributed by atoms with E-state index in [0.29, 0.717) is 36.5 Å². The maximum Gasteiger partial charge on any atom is 0.275 e. The monoisotopic (exact) mass is 276 g/mol. The zero-order valence-electron chi connectivity index (χ0n) is 10.9. The first kappa shape index (κ1) is 12.9. The molecule has 1 aliphatic heterocycles. The van der Waals surface area contributed by atoms with Crippen LogP contribution < -0.4 is 5.73 Å². The average Bonchev–Trinajstić information content (AvgIpc) is 2.89. The number of fused-ring (bicyclic) bond motifs is 1. The lowest BCUT2D eigenvalue weighted by molar-refractivity contribution is -0.0185. The minimum absolute atomic E-state index is 0.129. The Morgan fingerprint density at radius 1 is 1.60 bits per heavy atom. The molecule has 2 heterocycles. The van der Waals surface area contributed by atoms with Gasteiger partial charge in [0.05, 0.1) is 31.4 Å². The van der Waals surface area contributed by atoms with Crippen molar-refractivity contribution in [2.75, 3.05) is 32.1 Å². The summed E-state index contributed by atoms with van der Waals surface area (Å²) in [7, 11) is 0. The molecule has 7 nitrogen and oxygen atoms in total. The normalized spacial score (nSPS) is 19.4. The predicted molar refractivity (Wildman–Crippen MR) is 73.2 cm³/mol. The largest absolute Gasteiger partial charge is 0.399 e. The van der Waals surface area contributed by atoms with Gasteiger partial charge in [-0.1, -0.05) is 0 Å². The number of nitrogen functional groups attached to an aromatic ring is 1. The third kappa shape index (κ3) is 2.10. The summed E-state index contributed by atoms with van der Waals surface area (Å²) in [5.41, 5.74) is 7.42. The SMILES string of the molecule is Nc1ccc2[nH]nc(C(=O)N3CCOCC3CO)c2c1. The van der Waals surface area contributed by atoms with Crippen molar-refractivity contribution >= 4 is 22.5 Å². The van der Waals surface area contributed by atoms with E-state index < -0.39 is 0 Å². The number of aliphatic hydroxyl groups is 1. The van der Waals surface area contributed by atoms with Gasteiger partial charge >= 0.3 is 0 Å². The Morgan fingerprint density at radius 2 is 2.45 bits per heavy atom. The van der Waals surface area contributed by atoms with Crippen LogP contribution in [-0.2, 0) is 4.74 Å². The van der Waals surface area contributed by atoms with Crippen molar-refractivity contribution in [3.05, 3.63) is 23.9 Å². The number of hydrogen-bond acceptors (Lipinski definition) is 5. The summed E-state index contributed by atoms with van der Waals surface area (Å²) in [5.74, 6) is -0.218. The zero-order chi connectivity index (χ0) is 14.1. The molecule has 0 spiro atoms. The highest BCUT2D eigenvalue weighted by Gasteiger charge is 2.29. The fourth-order valence-corrected chi connectivity index (χ4v) is 2.40. The second-order valence-electron chi connectivity index (χ2n) is 4.79. The van der Waals surface area contributed by atoms with Crippen molar-refractivity contribution in [3.8, 4) is 0 Å². The number of carbonyl (C=O) groups excluding carboxylic acids is 1. The molecule has 1 aliphatic rings. The molecular weight excluding hydrogens is 260 g/mol. The molecule has 1 aromatic heterocycles. The third-order valence-corrected chi connectivity index (χ3v) is 3.49. The van der Waals surface area contributed by atoms with Gasteiger partial charge in [0.1, 0.15) is 0 Å². The van der Waals surface area contributed by atoms with Crippen molar-refractivity contribution in [1.82, 2.24) is 15.1 Å². The number of hydrogen-bond donors (Lipinski definition) is 3. The number of anilines is 1. The lowest BCUT2D eigenvalue weighted by Crippen LogP contribution is -2.50. The number of morpholine rings is 1. The Labute approximate surface area is 115 Å². The van der Waals surface area contributed by atoms with Gasteiger partial charge in [0.15, 0.2) is 5.69 Å². The Balaban J connectivity index is 1.97. The molecule has 0 bridgehead atoms. The fraction of sp³-hybridized carbons (Fsp3) is 0.385. The van der Waals surface area contributed by atoms with Gasteiger partial charge in [-0.15, -0.1) is 0 Å². The molecule has 1 atom stereocenters. The van der Waals surface area contributed by atoms with E-state index in [1.807, 2.05) is 0 Å². The average molecular weight is 276 g/mol. The van der Waals surface area contributed by atoms with Crippen LogP contribution >= 0.6 is 0 Å². The molecule has 1 fully saturated rings. The Morgan fingerprint density at radius 3 is 3.25 bits per heavy atom. The molecule has 7 heteroatoms. The number of aliphatic hydroxyl groups excluding tert-OH is 1. The summed E-state index contributed by atoms with van der Waals surface area (Å²) in [6.45, 7) is 1.12. The number of nitrogens with two attached hydrogens (primary N) is 1. The number of aromatic amines is 1. The Bertz CT molecular complexity index is 640. The maximum absolute atomic E-state index is 12.6. The van der Waals surface area contributed by atoms with Gasteiger partial charge in [0, 0.05) is 17.6 Å². The summed E-state index contributed by atoms with van der Waals surface area (Å²) < 4.78 is 5.28. The second-order valence-corrected chi connectivity index (χ2v) is 4.79. The molecule has 1 amide bonds. The predicted octanol–water partition coefficient (Wildman–Crippen LogP) is -0.0216. The highest BCUT2D eigenvalue weighted by molar-refractivity contribution is 6.05. The van der Waals surface area contributed by atoms with Crippen LogP contribution in [0.4, 0.5) is 5.69 Å². The van der Waals surface area contributed by atoms with Gasteiger partial charge in [0.25, 0.3) is 5.91 Å². The van der Waals surface area contributed by atoms with Gasteiger partial charge < -0.3 is 20.5 Å². The van der Waals surface area contributed by atoms with Crippen molar-refractivity contribution in [3.63, 3.8) is 0 Å². The number of aromatic nitrogens is 2. The molecule has 1 aromatic carbocycles. The highest BCUT2D eigenvalue weighted by atomic mass is 16.5. The Kier molecular flexibility index (Phi) is 3.29. The van der Waals surface area contributed by atoms with Crippen LogP contribution in [0.1, 0.15) is 10.5 Å². The van der Waals surface area contributed by atoms with E-state index in [2.05, 4.69) is 10.2 Å². The lowest BCUT2D eigenvalue weighted by Gasteiger charge is -2.34. The minimum Gasteiger partial charge on any atom is -0.399 e. The van der Waals surface area contributed by atoms with Gasteiger partial charge in [0.2, 0.25) is 0 Å². The number of rotatable bonds is 2. The second kappa shape index (κ2) is 5.10. The van der Waals surface area contributed by atoms with Crippen LogP contribution in [0.25, 0.3) is 10.9 Å². The van der Waals surface area contributed by atoms with Gasteiger partial charge in [-0.2, -0.15) is 5.10 Å². The number of carbonyl (C=O) groups is 1. The third-order valence-electron chi connectivity index (χ3n) is 3.49. The first-order valence-corrected chi connectivity index (χ1v) is 6.44. The lowest BCUT2D eigenvalue weighted by atomic mass is 10.1. The van der Waals surface area contributed by atoms with Crippen molar-refractivity contribution in [1.29, 1.82) is 0 Å². The first-order valence-electron chi connectivity index (χ1n) is 6.44. The van der Waals surface area contributed by atoms with Crippen LogP contribution in [0, 0.1) is 0 Å². The molecule has 0 radical (unpaired) electrons. The van der Waals surface area contributed by atoms with E-state index in [4.69, 9.17) is 10.5 Å². The van der Waals surface area contributed by atoms with Crippen LogP contribution in [0.5, 0.6) is 0 Å². The van der Waals surface area contributed by atoms with Crippen LogP contribution in [0.15, 0.2) is 18.2 Å². The first-order chi connectivity index (χ1) is 9.70. The molecule has 106 valence electrons. The van der Waals surface area contributed by atoms with E-state index in [1.165, 1.54) is 0 Å². The van der Waals surface area contributed by atoms with Crippen molar-refractivity contribution < 1.29 is 14.6 Å². The van der Waals surface area contributed by atoms with Gasteiger partial charge in [-0.05, 0) is 18.2 Å². The Hall–Kier alpha value is -2.12. The molecule has 1 saturated heterocycles. The fourth-order valence-electron chi connectivity index (χ4n) is 2.40. The summed E-state index contributed by atoms with van der Waals surface area (Å²) in [5, 5.41) is 16.9. The number of nitrogens with zero attached hydrogens (tertiary/aromatic N) is 2. The number of nitrogens with one attached hydrogen (secondary N) is 1. The maximum atomic E-state index is 12.6. The van der Waals surface area contributed by atoms with E-state index in [0.717, 1.165) is 5.52 Å². The van der Waals surface area contributed by atoms with E-state index in [1.54, 1.807) is 23.1 Å². The van der Waals surface area contributed by atoms with Gasteiger partial charge in [-0.3, -0.25) is 9.89 Å².